The maximum Gasteiger partial charge on any atom is 0.255 e. The zero-order chi connectivity index (χ0) is 10.8. The second-order valence-corrected chi connectivity index (χ2v) is 3.62. The second kappa shape index (κ2) is 3.87. The molecule has 2 rings (SSSR count). The van der Waals surface area contributed by atoms with Crippen LogP contribution in [0.1, 0.15) is 5.56 Å². The minimum absolute atomic E-state index is 0.0723. The molecule has 0 spiro atoms. The van der Waals surface area contributed by atoms with Gasteiger partial charge in [-0.2, -0.15) is 0 Å². The molecule has 3 nitrogen and oxygen atoms in total. The van der Waals surface area contributed by atoms with Gasteiger partial charge in [0.15, 0.2) is 0 Å². The highest BCUT2D eigenvalue weighted by Crippen LogP contribution is 2.11. The van der Waals surface area contributed by atoms with E-state index in [1.807, 2.05) is 44.4 Å². The van der Waals surface area contributed by atoms with E-state index in [-0.39, 0.29) is 5.56 Å². The molecule has 1 aromatic heterocycles. The zero-order valence-corrected chi connectivity index (χ0v) is 8.95. The van der Waals surface area contributed by atoms with Gasteiger partial charge in [0.25, 0.3) is 5.56 Å². The van der Waals surface area contributed by atoms with Gasteiger partial charge in [0.05, 0.1) is 5.52 Å². The average molecular weight is 202 g/mol. The van der Waals surface area contributed by atoms with Crippen LogP contribution in [0.15, 0.2) is 35.1 Å². The number of para-hydroxylation sites is 1. The Hall–Kier alpha value is -1.61. The van der Waals surface area contributed by atoms with Gasteiger partial charge in [0.1, 0.15) is 0 Å². The molecule has 78 valence electrons. The smallest absolute Gasteiger partial charge is 0.255 e. The number of nitrogens with zero attached hydrogens (tertiary/aromatic N) is 1. The molecule has 1 heterocycles. The van der Waals surface area contributed by atoms with Crippen LogP contribution in [-0.4, -0.2) is 11.6 Å². The first-order valence-electron chi connectivity index (χ1n) is 4.96. The standard InChI is InChI=1S/C12H14N2O/c1-13-8-10-7-9-5-3-4-6-11(9)14(2)12(10)15/h3-7,13H,8H2,1-2H3. The predicted molar refractivity (Wildman–Crippen MR) is 62.0 cm³/mol. The van der Waals surface area contributed by atoms with Crippen molar-refractivity contribution in [2.75, 3.05) is 7.05 Å². The van der Waals surface area contributed by atoms with E-state index in [1.54, 1.807) is 4.57 Å². The van der Waals surface area contributed by atoms with Crippen LogP contribution < -0.4 is 10.9 Å². The van der Waals surface area contributed by atoms with Gasteiger partial charge < -0.3 is 9.88 Å². The van der Waals surface area contributed by atoms with E-state index in [4.69, 9.17) is 0 Å². The van der Waals surface area contributed by atoms with E-state index in [0.717, 1.165) is 16.5 Å². The minimum Gasteiger partial charge on any atom is -0.315 e. The van der Waals surface area contributed by atoms with Gasteiger partial charge in [-0.3, -0.25) is 4.79 Å². The maximum atomic E-state index is 11.9. The lowest BCUT2D eigenvalue weighted by Gasteiger charge is -2.07. The molecular formula is C12H14N2O. The van der Waals surface area contributed by atoms with Crippen LogP contribution in [0.5, 0.6) is 0 Å². The Morgan fingerprint density at radius 2 is 2.07 bits per heavy atom. The third kappa shape index (κ3) is 1.66. The topological polar surface area (TPSA) is 34.0 Å². The number of fused-ring (bicyclic) bond motifs is 1. The molecule has 0 unspecified atom stereocenters. The van der Waals surface area contributed by atoms with E-state index in [1.165, 1.54) is 0 Å². The lowest BCUT2D eigenvalue weighted by Crippen LogP contribution is -2.24. The summed E-state index contributed by atoms with van der Waals surface area (Å²) in [6.45, 7) is 0.609. The van der Waals surface area contributed by atoms with Crippen LogP contribution in [0.4, 0.5) is 0 Å². The number of rotatable bonds is 2. The average Bonchev–Trinajstić information content (AvgIpc) is 2.26. The third-order valence-corrected chi connectivity index (χ3v) is 2.57. The molecule has 0 bridgehead atoms. The molecule has 1 aromatic carbocycles. The Morgan fingerprint density at radius 1 is 1.33 bits per heavy atom. The quantitative estimate of drug-likeness (QED) is 0.795. The van der Waals surface area contributed by atoms with Gasteiger partial charge in [-0.05, 0) is 24.6 Å². The van der Waals surface area contributed by atoms with E-state index in [2.05, 4.69) is 5.32 Å². The fraction of sp³-hybridized carbons (Fsp3) is 0.250. The summed E-state index contributed by atoms with van der Waals surface area (Å²) in [7, 11) is 3.65. The molecule has 2 aromatic rings. The highest BCUT2D eigenvalue weighted by molar-refractivity contribution is 5.79. The lowest BCUT2D eigenvalue weighted by atomic mass is 10.1. The van der Waals surface area contributed by atoms with Gasteiger partial charge in [-0.15, -0.1) is 0 Å². The number of hydrogen-bond donors (Lipinski definition) is 1. The molecule has 0 fully saturated rings. The summed E-state index contributed by atoms with van der Waals surface area (Å²) in [5, 5.41) is 4.11. The monoisotopic (exact) mass is 202 g/mol. The molecule has 0 radical (unpaired) electrons. The van der Waals surface area contributed by atoms with E-state index in [0.29, 0.717) is 6.54 Å². The normalized spacial score (nSPS) is 10.8. The van der Waals surface area contributed by atoms with Crippen LogP contribution in [-0.2, 0) is 13.6 Å². The predicted octanol–water partition coefficient (Wildman–Crippen LogP) is 1.26. The SMILES string of the molecule is CNCc1cc2ccccc2n(C)c1=O. The first-order valence-corrected chi connectivity index (χ1v) is 4.96. The number of nitrogens with one attached hydrogen (secondary N) is 1. The summed E-state index contributed by atoms with van der Waals surface area (Å²) in [6.07, 6.45) is 0. The summed E-state index contributed by atoms with van der Waals surface area (Å²) < 4.78 is 1.70. The molecule has 0 aliphatic carbocycles. The van der Waals surface area contributed by atoms with Crippen LogP contribution in [0.2, 0.25) is 0 Å². The molecule has 0 aliphatic rings. The summed E-state index contributed by atoms with van der Waals surface area (Å²) in [5.41, 5.74) is 1.85. The number of benzene rings is 1. The molecule has 15 heavy (non-hydrogen) atoms. The van der Waals surface area contributed by atoms with Gasteiger partial charge in [0.2, 0.25) is 0 Å². The number of aromatic nitrogens is 1. The molecule has 0 saturated heterocycles. The summed E-state index contributed by atoms with van der Waals surface area (Å²) in [6, 6.07) is 9.86. The first kappa shape index (κ1) is 9.93. The van der Waals surface area contributed by atoms with E-state index >= 15 is 0 Å². The molecule has 0 aliphatic heterocycles. The van der Waals surface area contributed by atoms with Crippen molar-refractivity contribution in [1.29, 1.82) is 0 Å². The van der Waals surface area contributed by atoms with Crippen molar-refractivity contribution in [3.63, 3.8) is 0 Å². The van der Waals surface area contributed by atoms with Crippen molar-refractivity contribution in [2.24, 2.45) is 7.05 Å². The number of aryl methyl sites for hydroxylation is 1. The Kier molecular flexibility index (Phi) is 2.56. The Balaban J connectivity index is 2.77. The van der Waals surface area contributed by atoms with E-state index < -0.39 is 0 Å². The fourth-order valence-electron chi connectivity index (χ4n) is 1.81. The van der Waals surface area contributed by atoms with Crippen LogP contribution in [0.3, 0.4) is 0 Å². The van der Waals surface area contributed by atoms with Crippen molar-refractivity contribution < 1.29 is 0 Å². The summed E-state index contributed by atoms with van der Waals surface area (Å²) >= 11 is 0. The second-order valence-electron chi connectivity index (χ2n) is 3.62. The highest BCUT2D eigenvalue weighted by Gasteiger charge is 2.04. The Labute approximate surface area is 88.3 Å². The molecule has 3 heteroatoms. The van der Waals surface area contributed by atoms with Crippen molar-refractivity contribution in [3.05, 3.63) is 46.2 Å². The summed E-state index contributed by atoms with van der Waals surface area (Å²) in [4.78, 5) is 11.9. The molecule has 0 amide bonds. The maximum absolute atomic E-state index is 11.9. The Morgan fingerprint density at radius 3 is 2.80 bits per heavy atom. The molecule has 0 atom stereocenters. The van der Waals surface area contributed by atoms with Crippen molar-refractivity contribution in [3.8, 4) is 0 Å². The van der Waals surface area contributed by atoms with Crippen molar-refractivity contribution >= 4 is 10.9 Å². The van der Waals surface area contributed by atoms with E-state index in [9.17, 15) is 4.79 Å². The largest absolute Gasteiger partial charge is 0.315 e. The summed E-state index contributed by atoms with van der Waals surface area (Å²) in [5.74, 6) is 0. The number of hydrogen-bond acceptors (Lipinski definition) is 2. The molecule has 0 saturated carbocycles. The molecular weight excluding hydrogens is 188 g/mol. The van der Waals surface area contributed by atoms with Crippen LogP contribution >= 0.6 is 0 Å². The first-order chi connectivity index (χ1) is 7.24. The lowest BCUT2D eigenvalue weighted by molar-refractivity contribution is 0.782. The van der Waals surface area contributed by atoms with Gasteiger partial charge in [0, 0.05) is 19.2 Å². The van der Waals surface area contributed by atoms with Gasteiger partial charge >= 0.3 is 0 Å². The third-order valence-electron chi connectivity index (χ3n) is 2.57. The fourth-order valence-corrected chi connectivity index (χ4v) is 1.81. The minimum atomic E-state index is 0.0723. The number of pyridine rings is 1. The van der Waals surface area contributed by atoms with Gasteiger partial charge in [-0.25, -0.2) is 0 Å². The van der Waals surface area contributed by atoms with Crippen molar-refractivity contribution in [2.45, 2.75) is 6.54 Å². The molecule has 1 N–H and O–H groups in total. The van der Waals surface area contributed by atoms with Crippen LogP contribution in [0, 0.1) is 0 Å². The Bertz CT molecular complexity index is 543. The highest BCUT2D eigenvalue weighted by atomic mass is 16.1. The van der Waals surface area contributed by atoms with Crippen molar-refractivity contribution in [1.82, 2.24) is 9.88 Å². The zero-order valence-electron chi connectivity index (χ0n) is 8.95. The van der Waals surface area contributed by atoms with Gasteiger partial charge in [-0.1, -0.05) is 18.2 Å². The van der Waals surface area contributed by atoms with Crippen LogP contribution in [0.25, 0.3) is 10.9 Å².